The topological polar surface area (TPSA) is 59.0 Å². The maximum absolute atomic E-state index is 12.2. The number of hydrogen-bond donors (Lipinski definition) is 1. The minimum Gasteiger partial charge on any atom is -0.487 e. The Hall–Kier alpha value is -1.75. The fourth-order valence-corrected chi connectivity index (χ4v) is 3.32. The molecule has 0 aromatic heterocycles. The van der Waals surface area contributed by atoms with Crippen molar-refractivity contribution in [2.45, 2.75) is 57.3 Å². The molecule has 1 spiro atoms. The van der Waals surface area contributed by atoms with Crippen molar-refractivity contribution in [1.82, 2.24) is 4.90 Å². The average molecular weight is 319 g/mol. The Bertz CT molecular complexity index is 585. The van der Waals surface area contributed by atoms with Gasteiger partial charge >= 0.3 is 6.09 Å². The Labute approximate surface area is 137 Å². The first-order chi connectivity index (χ1) is 10.8. The lowest BCUT2D eigenvalue weighted by Gasteiger charge is -2.45. The predicted octanol–water partition coefficient (Wildman–Crippen LogP) is 3.27. The largest absolute Gasteiger partial charge is 0.487 e. The van der Waals surface area contributed by atoms with E-state index in [4.69, 9.17) is 9.47 Å². The summed E-state index contributed by atoms with van der Waals surface area (Å²) in [5.74, 6) is 0.761. The Morgan fingerprint density at radius 3 is 2.61 bits per heavy atom. The average Bonchev–Trinajstić information content (AvgIpc) is 2.46. The van der Waals surface area contributed by atoms with E-state index in [9.17, 15) is 9.90 Å². The smallest absolute Gasteiger partial charge is 0.410 e. The summed E-state index contributed by atoms with van der Waals surface area (Å²) in [7, 11) is 0. The molecule has 0 saturated carbocycles. The number of fused-ring (bicyclic) bond motifs is 1. The van der Waals surface area contributed by atoms with Crippen molar-refractivity contribution in [1.29, 1.82) is 0 Å². The molecule has 0 aliphatic carbocycles. The van der Waals surface area contributed by atoms with Crippen LogP contribution in [0, 0.1) is 0 Å². The number of hydrogen-bond acceptors (Lipinski definition) is 4. The number of carbonyl (C=O) groups is 1. The van der Waals surface area contributed by atoms with Gasteiger partial charge in [0, 0.05) is 37.9 Å². The highest BCUT2D eigenvalue weighted by Gasteiger charge is 2.44. The highest BCUT2D eigenvalue weighted by molar-refractivity contribution is 5.68. The van der Waals surface area contributed by atoms with Crippen molar-refractivity contribution >= 4 is 6.09 Å². The Morgan fingerprint density at radius 1 is 1.30 bits per heavy atom. The van der Waals surface area contributed by atoms with E-state index < -0.39 is 11.7 Å². The molecule has 1 fully saturated rings. The Morgan fingerprint density at radius 2 is 1.96 bits per heavy atom. The van der Waals surface area contributed by atoms with Crippen LogP contribution in [-0.4, -0.2) is 40.4 Å². The molecule has 1 atom stereocenters. The van der Waals surface area contributed by atoms with Crippen molar-refractivity contribution in [3.63, 3.8) is 0 Å². The van der Waals surface area contributed by atoms with E-state index in [-0.39, 0.29) is 11.7 Å². The number of aliphatic hydroxyl groups is 1. The van der Waals surface area contributed by atoms with Crippen LogP contribution < -0.4 is 4.74 Å². The van der Waals surface area contributed by atoms with Gasteiger partial charge in [-0.2, -0.15) is 0 Å². The van der Waals surface area contributed by atoms with E-state index in [0.717, 1.165) is 11.3 Å². The first-order valence-electron chi connectivity index (χ1n) is 8.22. The minimum atomic E-state index is -0.506. The molecule has 1 aromatic rings. The third kappa shape index (κ3) is 3.44. The van der Waals surface area contributed by atoms with E-state index >= 15 is 0 Å². The summed E-state index contributed by atoms with van der Waals surface area (Å²) < 4.78 is 11.6. The molecule has 126 valence electrons. The summed E-state index contributed by atoms with van der Waals surface area (Å²) in [6, 6.07) is 7.64. The van der Waals surface area contributed by atoms with Gasteiger partial charge in [0.15, 0.2) is 0 Å². The zero-order valence-electron chi connectivity index (χ0n) is 14.0. The first-order valence-corrected chi connectivity index (χ1v) is 8.22. The van der Waals surface area contributed by atoms with Crippen LogP contribution in [0.25, 0.3) is 0 Å². The first kappa shape index (κ1) is 16.1. The molecule has 23 heavy (non-hydrogen) atoms. The fraction of sp³-hybridized carbons (Fsp3) is 0.611. The van der Waals surface area contributed by atoms with Crippen LogP contribution in [0.1, 0.15) is 51.7 Å². The quantitative estimate of drug-likeness (QED) is 0.797. The van der Waals surface area contributed by atoms with Crippen molar-refractivity contribution in [3.05, 3.63) is 29.8 Å². The molecule has 1 amide bonds. The zero-order chi connectivity index (χ0) is 16.7. The van der Waals surface area contributed by atoms with Crippen molar-refractivity contribution < 1.29 is 19.4 Å². The van der Waals surface area contributed by atoms with Crippen molar-refractivity contribution in [2.75, 3.05) is 13.1 Å². The lowest BCUT2D eigenvalue weighted by atomic mass is 9.82. The molecule has 0 unspecified atom stereocenters. The van der Waals surface area contributed by atoms with Gasteiger partial charge in [-0.15, -0.1) is 0 Å². The number of nitrogens with zero attached hydrogens (tertiary/aromatic N) is 1. The van der Waals surface area contributed by atoms with Gasteiger partial charge in [-0.05, 0) is 26.8 Å². The van der Waals surface area contributed by atoms with Gasteiger partial charge in [-0.3, -0.25) is 0 Å². The maximum atomic E-state index is 12.2. The van der Waals surface area contributed by atoms with Crippen LogP contribution in [0.5, 0.6) is 5.75 Å². The number of amides is 1. The highest BCUT2D eigenvalue weighted by Crippen LogP contribution is 2.44. The number of ether oxygens (including phenoxy) is 2. The second kappa shape index (κ2) is 5.71. The van der Waals surface area contributed by atoms with Gasteiger partial charge in [-0.1, -0.05) is 18.2 Å². The standard InChI is InChI=1S/C18H25NO4/c1-17(2,3)23-16(21)19-10-8-18(9-11-19)12-14(20)13-6-4-5-7-15(13)22-18/h4-7,14,20H,8-12H2,1-3H3/t14-/m0/s1. The van der Waals surface area contributed by atoms with Gasteiger partial charge in [0.05, 0.1) is 6.10 Å². The molecule has 5 heteroatoms. The molecular weight excluding hydrogens is 294 g/mol. The van der Waals surface area contributed by atoms with Gasteiger partial charge < -0.3 is 19.5 Å². The zero-order valence-corrected chi connectivity index (χ0v) is 14.0. The van der Waals surface area contributed by atoms with Crippen LogP contribution in [0.2, 0.25) is 0 Å². The number of carbonyl (C=O) groups excluding carboxylic acids is 1. The number of rotatable bonds is 0. The third-order valence-electron chi connectivity index (χ3n) is 4.50. The lowest BCUT2D eigenvalue weighted by Crippen LogP contribution is -2.52. The number of aliphatic hydroxyl groups excluding tert-OH is 1. The van der Waals surface area contributed by atoms with Gasteiger partial charge in [0.1, 0.15) is 17.0 Å². The molecule has 0 radical (unpaired) electrons. The molecule has 2 aliphatic rings. The lowest BCUT2D eigenvalue weighted by molar-refractivity contribution is -0.0569. The maximum Gasteiger partial charge on any atom is 0.410 e. The molecule has 2 heterocycles. The van der Waals surface area contributed by atoms with Crippen LogP contribution in [-0.2, 0) is 4.74 Å². The van der Waals surface area contributed by atoms with Gasteiger partial charge in [-0.25, -0.2) is 4.79 Å². The summed E-state index contributed by atoms with van der Waals surface area (Å²) in [5, 5.41) is 10.4. The van der Waals surface area contributed by atoms with Crippen LogP contribution >= 0.6 is 0 Å². The summed E-state index contributed by atoms with van der Waals surface area (Å²) in [6.45, 7) is 6.78. The normalized spacial score (nSPS) is 23.1. The molecule has 1 N–H and O–H groups in total. The fourth-order valence-electron chi connectivity index (χ4n) is 3.32. The van der Waals surface area contributed by atoms with Gasteiger partial charge in [0.2, 0.25) is 0 Å². The monoisotopic (exact) mass is 319 g/mol. The van der Waals surface area contributed by atoms with E-state index in [2.05, 4.69) is 0 Å². The van der Waals surface area contributed by atoms with Crippen LogP contribution in [0.3, 0.4) is 0 Å². The molecule has 1 saturated heterocycles. The van der Waals surface area contributed by atoms with E-state index in [0.29, 0.717) is 32.4 Å². The van der Waals surface area contributed by atoms with Crippen LogP contribution in [0.4, 0.5) is 4.79 Å². The summed E-state index contributed by atoms with van der Waals surface area (Å²) in [6.07, 6.45) is 1.21. The van der Waals surface area contributed by atoms with Gasteiger partial charge in [0.25, 0.3) is 0 Å². The third-order valence-corrected chi connectivity index (χ3v) is 4.50. The van der Waals surface area contributed by atoms with Crippen molar-refractivity contribution in [3.8, 4) is 5.75 Å². The molecule has 2 aliphatic heterocycles. The second-order valence-corrected chi connectivity index (χ2v) is 7.51. The summed E-state index contributed by atoms with van der Waals surface area (Å²) >= 11 is 0. The summed E-state index contributed by atoms with van der Waals surface area (Å²) in [5.41, 5.74) is -0.0117. The number of likely N-dealkylation sites (tertiary alicyclic amines) is 1. The second-order valence-electron chi connectivity index (χ2n) is 7.51. The Kier molecular flexibility index (Phi) is 4.00. The number of piperidine rings is 1. The van der Waals surface area contributed by atoms with E-state index in [1.54, 1.807) is 4.90 Å². The predicted molar refractivity (Wildman–Crippen MR) is 86.4 cm³/mol. The number of benzene rings is 1. The molecule has 3 rings (SSSR count). The minimum absolute atomic E-state index is 0.274. The molecule has 5 nitrogen and oxygen atoms in total. The molecule has 1 aromatic carbocycles. The summed E-state index contributed by atoms with van der Waals surface area (Å²) in [4.78, 5) is 13.9. The van der Waals surface area contributed by atoms with E-state index in [1.807, 2.05) is 45.0 Å². The molecule has 0 bridgehead atoms. The van der Waals surface area contributed by atoms with Crippen LogP contribution in [0.15, 0.2) is 24.3 Å². The molecular formula is C18H25NO4. The Balaban J connectivity index is 1.66. The highest BCUT2D eigenvalue weighted by atomic mass is 16.6. The SMILES string of the molecule is CC(C)(C)OC(=O)N1CCC2(CC1)C[C@H](O)c1ccccc1O2. The van der Waals surface area contributed by atoms with E-state index in [1.165, 1.54) is 0 Å². The van der Waals surface area contributed by atoms with Crippen molar-refractivity contribution in [2.24, 2.45) is 0 Å². The number of para-hydroxylation sites is 1.